The Bertz CT molecular complexity index is 1610. The van der Waals surface area contributed by atoms with Crippen LogP contribution in [0.3, 0.4) is 0 Å². The first kappa shape index (κ1) is 33.5. The van der Waals surface area contributed by atoms with Crippen molar-refractivity contribution in [3.8, 4) is 11.5 Å². The molecule has 0 unspecified atom stereocenters. The summed E-state index contributed by atoms with van der Waals surface area (Å²) in [5.74, 6) is 0.802. The van der Waals surface area contributed by atoms with Crippen molar-refractivity contribution in [2.45, 2.75) is 32.8 Å². The van der Waals surface area contributed by atoms with Crippen molar-refractivity contribution >= 4 is 23.2 Å². The molecule has 4 aromatic carbocycles. The average Bonchev–Trinajstić information content (AvgIpc) is 3.11. The number of rotatable bonds is 12. The minimum absolute atomic E-state index is 0.233. The first-order valence-electron chi connectivity index (χ1n) is 16.4. The highest BCUT2D eigenvalue weighted by molar-refractivity contribution is 5.98. The largest absolute Gasteiger partial charge is 0.492 e. The molecule has 1 amide bonds. The Morgan fingerprint density at radius 1 is 0.745 bits per heavy atom. The third-order valence-corrected chi connectivity index (χ3v) is 8.38. The van der Waals surface area contributed by atoms with Crippen molar-refractivity contribution in [2.75, 3.05) is 40.3 Å². The molecule has 1 aliphatic rings. The maximum Gasteiger partial charge on any atom is 0.410 e. The predicted molar refractivity (Wildman–Crippen MR) is 186 cm³/mol. The molecule has 0 saturated carbocycles. The number of nitrogens with zero attached hydrogens (tertiary/aromatic N) is 2. The van der Waals surface area contributed by atoms with Crippen molar-refractivity contribution in [3.63, 3.8) is 0 Å². The number of likely N-dealkylation sites (tertiary alicyclic amines) is 1. The highest BCUT2D eigenvalue weighted by Gasteiger charge is 2.29. The standard InChI is InChI=1S/C40H44N2O5/c1-4-37(31-13-9-6-10-14-31)38(32-15-19-35(20-16-32)45-28-27-41(2)3)33-17-21-36(22-18-33)47-39(43)34-23-25-42(26-24-34)40(44)46-29-30-11-7-5-8-12-30/h5-22,34H,4,23-29H2,1-3H3. The van der Waals surface area contributed by atoms with Crippen LogP contribution in [0, 0.1) is 5.92 Å². The molecule has 47 heavy (non-hydrogen) atoms. The summed E-state index contributed by atoms with van der Waals surface area (Å²) in [4.78, 5) is 29.4. The van der Waals surface area contributed by atoms with E-state index in [1.807, 2.05) is 86.9 Å². The van der Waals surface area contributed by atoms with Crippen LogP contribution in [0.1, 0.15) is 48.4 Å². The maximum absolute atomic E-state index is 13.1. The highest BCUT2D eigenvalue weighted by atomic mass is 16.6. The molecule has 1 saturated heterocycles. The van der Waals surface area contributed by atoms with Crippen LogP contribution in [0.4, 0.5) is 4.79 Å². The molecule has 1 fully saturated rings. The van der Waals surface area contributed by atoms with E-state index in [2.05, 4.69) is 48.2 Å². The molecule has 0 atom stereocenters. The molecule has 5 rings (SSSR count). The summed E-state index contributed by atoms with van der Waals surface area (Å²) < 4.78 is 17.2. The zero-order chi connectivity index (χ0) is 33.0. The van der Waals surface area contributed by atoms with Crippen LogP contribution in [0.5, 0.6) is 11.5 Å². The third kappa shape index (κ3) is 9.33. The van der Waals surface area contributed by atoms with Gasteiger partial charge in [-0.1, -0.05) is 91.9 Å². The van der Waals surface area contributed by atoms with Gasteiger partial charge >= 0.3 is 12.1 Å². The summed E-state index contributed by atoms with van der Waals surface area (Å²) in [5.41, 5.74) is 6.59. The van der Waals surface area contributed by atoms with Crippen molar-refractivity contribution in [1.29, 1.82) is 0 Å². The van der Waals surface area contributed by atoms with Gasteiger partial charge in [0, 0.05) is 19.6 Å². The van der Waals surface area contributed by atoms with Gasteiger partial charge in [0.05, 0.1) is 5.92 Å². The molecule has 244 valence electrons. The van der Waals surface area contributed by atoms with Crippen LogP contribution in [0.15, 0.2) is 109 Å². The minimum Gasteiger partial charge on any atom is -0.492 e. The Hall–Kier alpha value is -4.88. The molecular formula is C40H44N2O5. The van der Waals surface area contributed by atoms with Gasteiger partial charge in [0.15, 0.2) is 0 Å². The normalized spacial score (nSPS) is 14.0. The quantitative estimate of drug-likeness (QED) is 0.0897. The number of piperidine rings is 1. The zero-order valence-corrected chi connectivity index (χ0v) is 27.6. The van der Waals surface area contributed by atoms with Gasteiger partial charge in [-0.3, -0.25) is 4.79 Å². The van der Waals surface area contributed by atoms with Gasteiger partial charge in [0.1, 0.15) is 24.7 Å². The summed E-state index contributed by atoms with van der Waals surface area (Å²) in [6, 6.07) is 36.1. The molecule has 1 heterocycles. The van der Waals surface area contributed by atoms with Crippen molar-refractivity contribution in [3.05, 3.63) is 131 Å². The lowest BCUT2D eigenvalue weighted by Crippen LogP contribution is -2.41. The maximum atomic E-state index is 13.1. The first-order chi connectivity index (χ1) is 22.9. The number of carbonyl (C=O) groups is 2. The number of allylic oxidation sites excluding steroid dienone is 1. The van der Waals surface area contributed by atoms with E-state index in [0.29, 0.717) is 38.3 Å². The molecule has 0 spiro atoms. The molecule has 4 aromatic rings. The fourth-order valence-electron chi connectivity index (χ4n) is 5.74. The molecule has 0 aromatic heterocycles. The number of amides is 1. The number of carbonyl (C=O) groups excluding carboxylic acids is 2. The number of benzene rings is 4. The summed E-state index contributed by atoms with van der Waals surface area (Å²) >= 11 is 0. The molecule has 1 aliphatic heterocycles. The summed E-state index contributed by atoms with van der Waals surface area (Å²) in [6.45, 7) is 4.79. The topological polar surface area (TPSA) is 68.3 Å². The van der Waals surface area contributed by atoms with Gasteiger partial charge in [-0.25, -0.2) is 4.79 Å². The first-order valence-corrected chi connectivity index (χ1v) is 16.4. The second-order valence-electron chi connectivity index (χ2n) is 12.0. The molecule has 7 heteroatoms. The van der Waals surface area contributed by atoms with E-state index in [1.54, 1.807) is 4.90 Å². The van der Waals surface area contributed by atoms with Crippen LogP contribution in [-0.4, -0.2) is 62.2 Å². The predicted octanol–water partition coefficient (Wildman–Crippen LogP) is 7.95. The number of likely N-dealkylation sites (N-methyl/N-ethyl adjacent to an activating group) is 1. The minimum atomic E-state index is -0.353. The van der Waals surface area contributed by atoms with Crippen molar-refractivity contribution in [2.24, 2.45) is 5.92 Å². The fourth-order valence-corrected chi connectivity index (χ4v) is 5.74. The van der Waals surface area contributed by atoms with Gasteiger partial charge in [-0.05, 0) is 91.0 Å². The van der Waals surface area contributed by atoms with Crippen LogP contribution in [0.2, 0.25) is 0 Å². The number of esters is 1. The van der Waals surface area contributed by atoms with E-state index < -0.39 is 0 Å². The van der Waals surface area contributed by atoms with Gasteiger partial charge in [0.2, 0.25) is 0 Å². The van der Waals surface area contributed by atoms with E-state index in [0.717, 1.165) is 41.0 Å². The van der Waals surface area contributed by atoms with Crippen molar-refractivity contribution in [1.82, 2.24) is 9.80 Å². The Balaban J connectivity index is 1.24. The monoisotopic (exact) mass is 632 g/mol. The third-order valence-electron chi connectivity index (χ3n) is 8.38. The highest BCUT2D eigenvalue weighted by Crippen LogP contribution is 2.36. The van der Waals surface area contributed by atoms with Crippen LogP contribution in [0.25, 0.3) is 11.1 Å². The SMILES string of the molecule is CCC(=C(c1ccc(OCCN(C)C)cc1)c1ccc(OC(=O)C2CCN(C(=O)OCc3ccccc3)CC2)cc1)c1ccccc1. The zero-order valence-electron chi connectivity index (χ0n) is 27.6. The van der Waals surface area contributed by atoms with E-state index in [9.17, 15) is 9.59 Å². The Morgan fingerprint density at radius 2 is 1.32 bits per heavy atom. The van der Waals surface area contributed by atoms with Gasteiger partial charge in [0.25, 0.3) is 0 Å². The van der Waals surface area contributed by atoms with Crippen molar-refractivity contribution < 1.29 is 23.8 Å². The molecule has 0 aliphatic carbocycles. The van der Waals surface area contributed by atoms with E-state index in [1.165, 1.54) is 11.1 Å². The van der Waals surface area contributed by atoms with E-state index in [-0.39, 0.29) is 24.6 Å². The average molecular weight is 633 g/mol. The lowest BCUT2D eigenvalue weighted by Gasteiger charge is -2.30. The lowest BCUT2D eigenvalue weighted by atomic mass is 9.88. The number of ether oxygens (including phenoxy) is 3. The molecular weight excluding hydrogens is 588 g/mol. The fraction of sp³-hybridized carbons (Fsp3) is 0.300. The summed E-state index contributed by atoms with van der Waals surface area (Å²) in [6.07, 6.45) is 1.57. The van der Waals surface area contributed by atoms with Crippen LogP contribution >= 0.6 is 0 Å². The molecule has 0 bridgehead atoms. The molecule has 7 nitrogen and oxygen atoms in total. The Morgan fingerprint density at radius 3 is 1.89 bits per heavy atom. The number of hydrogen-bond acceptors (Lipinski definition) is 6. The number of hydrogen-bond donors (Lipinski definition) is 0. The van der Waals surface area contributed by atoms with E-state index >= 15 is 0 Å². The molecule has 0 N–H and O–H groups in total. The second-order valence-corrected chi connectivity index (χ2v) is 12.0. The summed E-state index contributed by atoms with van der Waals surface area (Å²) in [5, 5.41) is 0. The Labute approximate surface area is 278 Å². The smallest absolute Gasteiger partial charge is 0.410 e. The van der Waals surface area contributed by atoms with Crippen LogP contribution < -0.4 is 9.47 Å². The Kier molecular flexibility index (Phi) is 11.8. The molecule has 0 radical (unpaired) electrons. The van der Waals surface area contributed by atoms with Gasteiger partial charge in [-0.15, -0.1) is 0 Å². The van der Waals surface area contributed by atoms with Gasteiger partial charge in [-0.2, -0.15) is 0 Å². The van der Waals surface area contributed by atoms with Crippen LogP contribution in [-0.2, 0) is 16.1 Å². The lowest BCUT2D eigenvalue weighted by molar-refractivity contribution is -0.140. The van der Waals surface area contributed by atoms with Gasteiger partial charge < -0.3 is 24.0 Å². The second kappa shape index (κ2) is 16.6. The summed E-state index contributed by atoms with van der Waals surface area (Å²) in [7, 11) is 4.06. The van der Waals surface area contributed by atoms with E-state index in [4.69, 9.17) is 14.2 Å².